The number of rotatable bonds is 5. The first-order valence-corrected chi connectivity index (χ1v) is 16.6. The number of nitrogens with one attached hydrogen (secondary N) is 1. The summed E-state index contributed by atoms with van der Waals surface area (Å²) in [5.74, 6) is -3.32. The summed E-state index contributed by atoms with van der Waals surface area (Å²) >= 11 is 0. The highest BCUT2D eigenvalue weighted by molar-refractivity contribution is 7.90. The van der Waals surface area contributed by atoms with Crippen molar-refractivity contribution in [1.29, 1.82) is 0 Å². The van der Waals surface area contributed by atoms with E-state index >= 15 is 0 Å². The zero-order chi connectivity index (χ0) is 24.9. The van der Waals surface area contributed by atoms with Gasteiger partial charge in [0.05, 0.1) is 24.2 Å². The third-order valence-electron chi connectivity index (χ3n) is 6.78. The highest BCUT2D eigenvalue weighted by Crippen LogP contribution is 2.44. The van der Waals surface area contributed by atoms with Crippen LogP contribution >= 0.6 is 0 Å². The Kier molecular flexibility index (Phi) is 6.22. The fraction of sp³-hybridized carbons (Fsp3) is 0.478. The average Bonchev–Trinajstić information content (AvgIpc) is 2.72. The maximum Gasteiger partial charge on any atom is 0.274 e. The van der Waals surface area contributed by atoms with Gasteiger partial charge < -0.3 is 14.8 Å². The first kappa shape index (κ1) is 24.6. The predicted molar refractivity (Wildman–Crippen MR) is 131 cm³/mol. The number of alkyl halides is 2. The van der Waals surface area contributed by atoms with E-state index in [1.54, 1.807) is 6.07 Å². The summed E-state index contributed by atoms with van der Waals surface area (Å²) in [6, 6.07) is 8.78. The number of pyridine rings is 1. The molecule has 1 N–H and O–H groups in total. The molecular weight excluding hydrogens is 480 g/mol. The molecule has 7 nitrogen and oxygen atoms in total. The van der Waals surface area contributed by atoms with Crippen molar-refractivity contribution in [3.63, 3.8) is 0 Å². The van der Waals surface area contributed by atoms with Crippen LogP contribution in [0.25, 0.3) is 0 Å². The van der Waals surface area contributed by atoms with Gasteiger partial charge in [0.15, 0.2) is 9.84 Å². The smallest absolute Gasteiger partial charge is 0.274 e. The second-order valence-corrected chi connectivity index (χ2v) is 17.5. The predicted octanol–water partition coefficient (Wildman–Crippen LogP) is 4.00. The van der Waals surface area contributed by atoms with Gasteiger partial charge in [-0.15, -0.1) is 0 Å². The number of sulfone groups is 1. The standard InChI is InChI=1S/C23H29F2N3O4SSi/c1-33(31,32)17-6-7-18(20(13-17)27-9-11-34(2,3)12-10-27)21(29)26-19-5-4-8-28(22(19)30)16-14-23(24,25)15-16/h4-8,13,16H,9-12,14-15H2,1-3H3,(H,26,29). The van der Waals surface area contributed by atoms with Gasteiger partial charge in [0.2, 0.25) is 0 Å². The lowest BCUT2D eigenvalue weighted by molar-refractivity contribution is -0.104. The number of carbonyl (C=O) groups excluding carboxylic acids is 1. The van der Waals surface area contributed by atoms with Gasteiger partial charge in [-0.2, -0.15) is 0 Å². The van der Waals surface area contributed by atoms with Crippen LogP contribution < -0.4 is 15.8 Å². The van der Waals surface area contributed by atoms with Crippen molar-refractivity contribution in [3.05, 3.63) is 52.4 Å². The maximum atomic E-state index is 13.3. The van der Waals surface area contributed by atoms with Crippen LogP contribution in [0, 0.1) is 0 Å². The minimum atomic E-state index is -3.48. The molecule has 1 saturated heterocycles. The number of amides is 1. The van der Waals surface area contributed by atoms with Crippen molar-refractivity contribution in [2.24, 2.45) is 0 Å². The van der Waals surface area contributed by atoms with Crippen LogP contribution in [0.2, 0.25) is 25.2 Å². The number of aromatic nitrogens is 1. The van der Waals surface area contributed by atoms with Gasteiger partial charge in [-0.3, -0.25) is 9.59 Å². The van der Waals surface area contributed by atoms with Crippen molar-refractivity contribution in [3.8, 4) is 0 Å². The molecule has 1 aromatic heterocycles. The molecule has 4 rings (SSSR count). The zero-order valence-electron chi connectivity index (χ0n) is 19.5. The van der Waals surface area contributed by atoms with Crippen molar-refractivity contribution in [2.75, 3.05) is 29.6 Å². The van der Waals surface area contributed by atoms with Crippen molar-refractivity contribution in [2.45, 2.75) is 54.9 Å². The van der Waals surface area contributed by atoms with E-state index in [4.69, 9.17) is 0 Å². The average molecular weight is 510 g/mol. The van der Waals surface area contributed by atoms with E-state index in [-0.39, 0.29) is 16.1 Å². The summed E-state index contributed by atoms with van der Waals surface area (Å²) in [4.78, 5) is 28.2. The number of benzene rings is 1. The van der Waals surface area contributed by atoms with E-state index in [1.165, 1.54) is 35.0 Å². The molecule has 1 aromatic carbocycles. The minimum absolute atomic E-state index is 0.00644. The van der Waals surface area contributed by atoms with Crippen LogP contribution in [0.1, 0.15) is 29.2 Å². The van der Waals surface area contributed by atoms with Gasteiger partial charge in [0, 0.05) is 44.4 Å². The Bertz CT molecular complexity index is 1280. The van der Waals surface area contributed by atoms with Crippen LogP contribution in [0.3, 0.4) is 0 Å². The van der Waals surface area contributed by atoms with E-state index in [1.807, 2.05) is 4.90 Å². The molecule has 0 radical (unpaired) electrons. The Morgan fingerprint density at radius 3 is 2.38 bits per heavy atom. The topological polar surface area (TPSA) is 88.5 Å². The lowest BCUT2D eigenvalue weighted by Crippen LogP contribution is -2.43. The summed E-state index contributed by atoms with van der Waals surface area (Å²) in [7, 11) is -4.79. The molecule has 1 aliphatic carbocycles. The van der Waals surface area contributed by atoms with E-state index in [0.717, 1.165) is 31.4 Å². The Hall–Kier alpha value is -2.53. The van der Waals surface area contributed by atoms with Crippen LogP contribution in [-0.4, -0.2) is 52.2 Å². The van der Waals surface area contributed by atoms with E-state index in [2.05, 4.69) is 18.4 Å². The third kappa shape index (κ3) is 5.09. The molecule has 184 valence electrons. The van der Waals surface area contributed by atoms with E-state index in [9.17, 15) is 26.8 Å². The molecule has 2 aliphatic rings. The summed E-state index contributed by atoms with van der Waals surface area (Å²) in [5, 5.41) is 2.62. The monoisotopic (exact) mass is 509 g/mol. The summed E-state index contributed by atoms with van der Waals surface area (Å²) in [6.45, 7) is 6.06. The number of halogens is 2. The molecule has 1 amide bonds. The summed E-state index contributed by atoms with van der Waals surface area (Å²) in [6.07, 6.45) is 1.75. The van der Waals surface area contributed by atoms with Crippen molar-refractivity contribution < 1.29 is 22.0 Å². The molecule has 2 fully saturated rings. The highest BCUT2D eigenvalue weighted by Gasteiger charge is 2.46. The molecule has 1 aliphatic heterocycles. The molecule has 11 heteroatoms. The fourth-order valence-corrected chi connectivity index (χ4v) is 7.10. The Morgan fingerprint density at radius 2 is 1.79 bits per heavy atom. The SMILES string of the molecule is C[Si]1(C)CCN(c2cc(S(C)(=O)=O)ccc2C(=O)Nc2cccn(C3CC(F)(F)C3)c2=O)CC1. The molecule has 0 spiro atoms. The van der Waals surface area contributed by atoms with Gasteiger partial charge in [-0.25, -0.2) is 17.2 Å². The second kappa shape index (κ2) is 8.60. The molecular formula is C23H29F2N3O4SSi. The van der Waals surface area contributed by atoms with Crippen LogP contribution in [0.15, 0.2) is 46.2 Å². The quantitative estimate of drug-likeness (QED) is 0.616. The van der Waals surface area contributed by atoms with Crippen LogP contribution in [0.4, 0.5) is 20.2 Å². The van der Waals surface area contributed by atoms with Gasteiger partial charge in [0.25, 0.3) is 17.4 Å². The largest absolute Gasteiger partial charge is 0.371 e. The van der Waals surface area contributed by atoms with E-state index in [0.29, 0.717) is 5.69 Å². The van der Waals surface area contributed by atoms with Crippen molar-refractivity contribution >= 4 is 35.2 Å². The molecule has 2 heterocycles. The van der Waals surface area contributed by atoms with Gasteiger partial charge in [-0.05, 0) is 42.4 Å². The highest BCUT2D eigenvalue weighted by atomic mass is 32.2. The fourth-order valence-electron chi connectivity index (χ4n) is 4.46. The van der Waals surface area contributed by atoms with Crippen molar-refractivity contribution in [1.82, 2.24) is 4.57 Å². The molecule has 0 bridgehead atoms. The van der Waals surface area contributed by atoms with E-state index < -0.39 is 54.2 Å². The summed E-state index contributed by atoms with van der Waals surface area (Å²) < 4.78 is 52.1. The Balaban J connectivity index is 1.64. The lowest BCUT2D eigenvalue weighted by Gasteiger charge is -2.38. The zero-order valence-corrected chi connectivity index (χ0v) is 21.3. The summed E-state index contributed by atoms with van der Waals surface area (Å²) in [5.41, 5.74) is 0.225. The first-order chi connectivity index (χ1) is 15.8. The molecule has 1 saturated carbocycles. The minimum Gasteiger partial charge on any atom is -0.371 e. The number of hydrogen-bond acceptors (Lipinski definition) is 5. The second-order valence-electron chi connectivity index (χ2n) is 10.1. The van der Waals surface area contributed by atoms with Gasteiger partial charge in [-0.1, -0.05) is 13.1 Å². The molecule has 0 atom stereocenters. The maximum absolute atomic E-state index is 13.3. The Labute approximate surface area is 198 Å². The van der Waals surface area contributed by atoms with Crippen LogP contribution in [0.5, 0.6) is 0 Å². The van der Waals surface area contributed by atoms with Crippen LogP contribution in [-0.2, 0) is 9.84 Å². The first-order valence-electron chi connectivity index (χ1n) is 11.3. The number of hydrogen-bond donors (Lipinski definition) is 1. The van der Waals surface area contributed by atoms with Gasteiger partial charge >= 0.3 is 0 Å². The number of carbonyl (C=O) groups is 1. The Morgan fingerprint density at radius 1 is 1.15 bits per heavy atom. The molecule has 0 unspecified atom stereocenters. The number of nitrogens with zero attached hydrogens (tertiary/aromatic N) is 2. The normalized spacial score (nSPS) is 20.0. The lowest BCUT2D eigenvalue weighted by atomic mass is 9.88. The van der Waals surface area contributed by atoms with Gasteiger partial charge in [0.1, 0.15) is 5.69 Å². The molecule has 34 heavy (non-hydrogen) atoms. The number of anilines is 2. The molecule has 2 aromatic rings. The third-order valence-corrected chi connectivity index (χ3v) is 11.0.